The maximum Gasteiger partial charge on any atom is 0.317 e. The van der Waals surface area contributed by atoms with Crippen molar-refractivity contribution in [2.45, 2.75) is 40.7 Å². The van der Waals surface area contributed by atoms with Crippen LogP contribution in [0.3, 0.4) is 0 Å². The van der Waals surface area contributed by atoms with Gasteiger partial charge >= 0.3 is 5.97 Å². The molecule has 47 heavy (non-hydrogen) atoms. The van der Waals surface area contributed by atoms with E-state index in [1.807, 2.05) is 49.9 Å². The number of nitrogens with zero attached hydrogens (tertiary/aromatic N) is 3. The molecule has 0 fully saturated rings. The minimum atomic E-state index is -0.802. The van der Waals surface area contributed by atoms with E-state index in [1.165, 1.54) is 12.1 Å². The van der Waals surface area contributed by atoms with E-state index in [0.29, 0.717) is 38.5 Å². The van der Waals surface area contributed by atoms with E-state index >= 15 is 0 Å². The molecular weight excluding hydrogens is 622 g/mol. The van der Waals surface area contributed by atoms with Crippen LogP contribution in [0.15, 0.2) is 46.9 Å². The molecule has 1 heterocycles. The standard InChI is InChI=1S/C14H30N2O4.C12H7NO3.C2H6.3CH2O2/c1-5-15(4)11-13(3)20-10-9-19-8-7-16(6-2)12-14(17)18;14-13(15)8-5-6-10-9-3-1-2-4-11(9)16-12(10)7-8;1-2;3*2-1-3/h13H,5-12H2,1-4H3,(H,17,18);1-7H;1-2H3;3*1H,(H,2,3). The van der Waals surface area contributed by atoms with Crippen LogP contribution in [-0.2, 0) is 28.7 Å². The minimum absolute atomic E-state index is 0.0477. The second-order valence-electron chi connectivity index (χ2n) is 8.76. The van der Waals surface area contributed by atoms with Gasteiger partial charge in [0.15, 0.2) is 0 Å². The summed E-state index contributed by atoms with van der Waals surface area (Å²) in [5.74, 6) is -0.802. The summed E-state index contributed by atoms with van der Waals surface area (Å²) in [6.07, 6.45) is 0.197. The zero-order valence-corrected chi connectivity index (χ0v) is 27.8. The van der Waals surface area contributed by atoms with Gasteiger partial charge in [0, 0.05) is 29.9 Å². The Morgan fingerprint density at radius 2 is 1.49 bits per heavy atom. The van der Waals surface area contributed by atoms with Crippen LogP contribution < -0.4 is 0 Å². The van der Waals surface area contributed by atoms with E-state index in [4.69, 9.17) is 48.7 Å². The molecule has 1 atom stereocenters. The number of likely N-dealkylation sites (N-methyl/N-ethyl adjacent to an activating group) is 2. The van der Waals surface area contributed by atoms with Crippen LogP contribution >= 0.6 is 0 Å². The van der Waals surface area contributed by atoms with Gasteiger partial charge in [-0.15, -0.1) is 0 Å². The first-order valence-corrected chi connectivity index (χ1v) is 14.6. The van der Waals surface area contributed by atoms with Crippen molar-refractivity contribution in [2.24, 2.45) is 0 Å². The third-order valence-corrected chi connectivity index (χ3v) is 5.67. The quantitative estimate of drug-likeness (QED) is 0.0806. The minimum Gasteiger partial charge on any atom is -0.483 e. The van der Waals surface area contributed by atoms with Crippen LogP contribution in [0, 0.1) is 10.1 Å². The highest BCUT2D eigenvalue weighted by Gasteiger charge is 2.11. The number of para-hydroxylation sites is 1. The maximum atomic E-state index is 10.6. The molecule has 0 aliphatic rings. The highest BCUT2D eigenvalue weighted by molar-refractivity contribution is 6.05. The number of carboxylic acids is 1. The molecule has 4 N–H and O–H groups in total. The number of hydrogen-bond donors (Lipinski definition) is 4. The van der Waals surface area contributed by atoms with Crippen molar-refractivity contribution in [1.29, 1.82) is 0 Å². The number of non-ortho nitro benzene ring substituents is 1. The normalized spacial score (nSPS) is 10.2. The topological polar surface area (TPSA) is 230 Å². The molecule has 0 aliphatic carbocycles. The van der Waals surface area contributed by atoms with Crippen molar-refractivity contribution in [3.05, 3.63) is 52.6 Å². The maximum absolute atomic E-state index is 10.6. The molecular formula is C31H49N3O13. The van der Waals surface area contributed by atoms with Crippen molar-refractivity contribution >= 4 is 53.0 Å². The van der Waals surface area contributed by atoms with Crippen molar-refractivity contribution in [3.63, 3.8) is 0 Å². The lowest BCUT2D eigenvalue weighted by atomic mass is 10.1. The van der Waals surface area contributed by atoms with Gasteiger partial charge < -0.3 is 39.2 Å². The van der Waals surface area contributed by atoms with Crippen LogP contribution in [0.2, 0.25) is 0 Å². The molecule has 0 saturated carbocycles. The number of hydrogen-bond acceptors (Lipinski definition) is 11. The smallest absolute Gasteiger partial charge is 0.317 e. The molecule has 1 aromatic heterocycles. The number of nitro benzene ring substituents is 1. The van der Waals surface area contributed by atoms with Gasteiger partial charge in [0.05, 0.1) is 43.5 Å². The fourth-order valence-electron chi connectivity index (χ4n) is 3.59. The Morgan fingerprint density at radius 1 is 0.936 bits per heavy atom. The predicted octanol–water partition coefficient (Wildman–Crippen LogP) is 4.39. The molecule has 266 valence electrons. The summed E-state index contributed by atoms with van der Waals surface area (Å²) >= 11 is 0. The second-order valence-corrected chi connectivity index (χ2v) is 8.76. The number of ether oxygens (including phenoxy) is 2. The molecule has 0 saturated heterocycles. The summed E-state index contributed by atoms with van der Waals surface area (Å²) in [7, 11) is 2.07. The number of fused-ring (bicyclic) bond motifs is 3. The Balaban J connectivity index is -0.000000635. The van der Waals surface area contributed by atoms with Crippen LogP contribution in [0.25, 0.3) is 21.9 Å². The molecule has 0 spiro atoms. The lowest BCUT2D eigenvalue weighted by molar-refractivity contribution is -0.384. The van der Waals surface area contributed by atoms with Gasteiger partial charge in [-0.3, -0.25) is 34.2 Å². The van der Waals surface area contributed by atoms with E-state index in [2.05, 4.69) is 25.8 Å². The molecule has 3 rings (SSSR count). The first-order valence-electron chi connectivity index (χ1n) is 14.6. The molecule has 0 bridgehead atoms. The van der Waals surface area contributed by atoms with Crippen LogP contribution in [0.4, 0.5) is 5.69 Å². The van der Waals surface area contributed by atoms with Gasteiger partial charge in [-0.25, -0.2) is 0 Å². The monoisotopic (exact) mass is 671 g/mol. The largest absolute Gasteiger partial charge is 0.483 e. The number of nitro groups is 1. The molecule has 1 unspecified atom stereocenters. The summed E-state index contributed by atoms with van der Waals surface area (Å²) in [4.78, 5) is 49.9. The fraction of sp³-hybridized carbons (Fsp3) is 0.484. The second kappa shape index (κ2) is 31.3. The highest BCUT2D eigenvalue weighted by Crippen LogP contribution is 2.30. The molecule has 16 nitrogen and oxygen atoms in total. The zero-order chi connectivity index (χ0) is 36.6. The van der Waals surface area contributed by atoms with Crippen molar-refractivity contribution in [1.82, 2.24) is 9.80 Å². The van der Waals surface area contributed by atoms with Crippen LogP contribution in [-0.4, -0.2) is 126 Å². The summed E-state index contributed by atoms with van der Waals surface area (Å²) < 4.78 is 16.6. The van der Waals surface area contributed by atoms with Gasteiger partial charge in [-0.05, 0) is 39.2 Å². The van der Waals surface area contributed by atoms with Gasteiger partial charge in [0.1, 0.15) is 11.2 Å². The van der Waals surface area contributed by atoms with E-state index < -0.39 is 10.9 Å². The lowest BCUT2D eigenvalue weighted by Crippen LogP contribution is -2.33. The average Bonchev–Trinajstić information content (AvgIpc) is 3.42. The van der Waals surface area contributed by atoms with E-state index in [-0.39, 0.29) is 37.8 Å². The summed E-state index contributed by atoms with van der Waals surface area (Å²) in [5.41, 5.74) is 1.35. The zero-order valence-electron chi connectivity index (χ0n) is 27.8. The van der Waals surface area contributed by atoms with Crippen LogP contribution in [0.1, 0.15) is 34.6 Å². The number of furan rings is 1. The fourth-order valence-corrected chi connectivity index (χ4v) is 3.59. The van der Waals surface area contributed by atoms with Crippen molar-refractivity contribution in [2.75, 3.05) is 59.6 Å². The van der Waals surface area contributed by atoms with E-state index in [1.54, 1.807) is 6.07 Å². The van der Waals surface area contributed by atoms with Gasteiger partial charge in [0.25, 0.3) is 25.1 Å². The summed E-state index contributed by atoms with van der Waals surface area (Å²) in [6, 6.07) is 12.2. The molecule has 0 amide bonds. The first kappa shape index (κ1) is 46.8. The van der Waals surface area contributed by atoms with Gasteiger partial charge in [-0.2, -0.15) is 0 Å². The van der Waals surface area contributed by atoms with E-state index in [9.17, 15) is 14.9 Å². The highest BCUT2D eigenvalue weighted by atomic mass is 16.6. The van der Waals surface area contributed by atoms with Crippen molar-refractivity contribution in [3.8, 4) is 0 Å². The number of rotatable bonds is 14. The Bertz CT molecular complexity index is 1240. The Labute approximate surface area is 274 Å². The van der Waals surface area contributed by atoms with Gasteiger partial charge in [-0.1, -0.05) is 45.9 Å². The summed E-state index contributed by atoms with van der Waals surface area (Å²) in [5, 5.41) is 41.9. The Morgan fingerprint density at radius 3 is 2.00 bits per heavy atom. The lowest BCUT2D eigenvalue weighted by Gasteiger charge is -2.20. The molecule has 0 aliphatic heterocycles. The average molecular weight is 672 g/mol. The Hall–Kier alpha value is -4.64. The summed E-state index contributed by atoms with van der Waals surface area (Å²) in [6.45, 7) is 14.4. The number of aliphatic carboxylic acids is 1. The number of benzene rings is 2. The predicted molar refractivity (Wildman–Crippen MR) is 177 cm³/mol. The van der Waals surface area contributed by atoms with E-state index in [0.717, 1.165) is 29.4 Å². The molecule has 16 heteroatoms. The first-order chi connectivity index (χ1) is 22.5. The van der Waals surface area contributed by atoms with Gasteiger partial charge in [0.2, 0.25) is 0 Å². The number of carbonyl (C=O) groups is 4. The van der Waals surface area contributed by atoms with Crippen molar-refractivity contribution < 1.29 is 58.4 Å². The number of carboxylic acid groups (broad SMARTS) is 4. The molecule has 2 aromatic carbocycles. The van der Waals surface area contributed by atoms with Crippen LogP contribution in [0.5, 0.6) is 0 Å². The third kappa shape index (κ3) is 23.4. The third-order valence-electron chi connectivity index (χ3n) is 5.67. The molecule has 0 radical (unpaired) electrons. The Kier molecular flexibility index (Phi) is 31.2. The molecule has 3 aromatic rings. The SMILES string of the molecule is CC.CCN(C)CC(C)OCCOCCN(CC)CC(=O)O.O=CO.O=CO.O=CO.O=[N+]([O-])c1ccc2c(c1)oc1ccccc12.